The molecule has 0 bridgehead atoms. The molecule has 1 heteroatoms. The first kappa shape index (κ1) is 26.1. The summed E-state index contributed by atoms with van der Waals surface area (Å²) in [7, 11) is 0. The number of benzene rings is 2. The van der Waals surface area contributed by atoms with Gasteiger partial charge >= 0.3 is 0 Å². The number of rotatable bonds is 7. The highest BCUT2D eigenvalue weighted by atomic mass is 14.7. The molecule has 0 saturated carbocycles. The molecule has 0 N–H and O–H groups in total. The topological polar surface area (TPSA) is 12.4 Å². The summed E-state index contributed by atoms with van der Waals surface area (Å²) in [6, 6.07) is 15.9. The number of allylic oxidation sites excluding steroid dienone is 1. The van der Waals surface area contributed by atoms with E-state index in [2.05, 4.69) is 124 Å². The number of hydrogen-bond acceptors (Lipinski definition) is 1. The Balaban J connectivity index is 2.54. The second-order valence-corrected chi connectivity index (χ2v) is 12.3. The minimum atomic E-state index is -0.199. The van der Waals surface area contributed by atoms with Crippen LogP contribution < -0.4 is 0 Å². The van der Waals surface area contributed by atoms with Gasteiger partial charge in [0.1, 0.15) is 0 Å². The maximum Gasteiger partial charge on any atom is 0.0666 e. The van der Waals surface area contributed by atoms with Crippen molar-refractivity contribution in [2.45, 2.75) is 98.3 Å². The maximum absolute atomic E-state index is 5.15. The minimum absolute atomic E-state index is 0.0341. The Bertz CT molecular complexity index is 945. The van der Waals surface area contributed by atoms with Gasteiger partial charge in [0.05, 0.1) is 5.69 Å². The fourth-order valence-corrected chi connectivity index (χ4v) is 4.29. The maximum atomic E-state index is 5.15. The summed E-state index contributed by atoms with van der Waals surface area (Å²) in [4.78, 5) is 5.15. The molecule has 1 atom stereocenters. The van der Waals surface area contributed by atoms with Gasteiger partial charge in [-0.05, 0) is 64.8 Å². The van der Waals surface area contributed by atoms with Gasteiger partial charge in [-0.25, -0.2) is 0 Å². The highest BCUT2D eigenvalue weighted by molar-refractivity contribution is 5.77. The van der Waals surface area contributed by atoms with Crippen molar-refractivity contribution in [2.24, 2.45) is 10.9 Å². The molecule has 0 saturated heterocycles. The zero-order valence-electron chi connectivity index (χ0n) is 22.3. The lowest BCUT2D eigenvalue weighted by molar-refractivity contribution is 0.577. The van der Waals surface area contributed by atoms with Crippen LogP contribution in [0, 0.1) is 5.92 Å². The summed E-state index contributed by atoms with van der Waals surface area (Å²) in [6.07, 6.45) is 4.15. The normalized spacial score (nSPS) is 14.7. The third kappa shape index (κ3) is 6.92. The van der Waals surface area contributed by atoms with Crippen molar-refractivity contribution in [3.63, 3.8) is 0 Å². The van der Waals surface area contributed by atoms with Gasteiger partial charge < -0.3 is 0 Å². The van der Waals surface area contributed by atoms with Gasteiger partial charge in [0.25, 0.3) is 0 Å². The molecule has 0 spiro atoms. The highest BCUT2D eigenvalue weighted by Crippen LogP contribution is 2.37. The summed E-state index contributed by atoms with van der Waals surface area (Å²) in [5, 5.41) is 0. The first-order valence-electron chi connectivity index (χ1n) is 12.1. The quantitative estimate of drug-likeness (QED) is 0.306. The van der Waals surface area contributed by atoms with Crippen molar-refractivity contribution >= 4 is 11.9 Å². The molecule has 0 aliphatic carbocycles. The summed E-state index contributed by atoms with van der Waals surface area (Å²) in [5.41, 5.74) is 7.46. The van der Waals surface area contributed by atoms with Crippen LogP contribution in [-0.4, -0.2) is 6.21 Å². The minimum Gasteiger partial charge on any atom is -0.260 e. The van der Waals surface area contributed by atoms with Crippen LogP contribution in [0.3, 0.4) is 0 Å². The number of aliphatic imine (C=N–C) groups is 1. The van der Waals surface area contributed by atoms with Crippen molar-refractivity contribution in [1.29, 1.82) is 0 Å². The molecule has 1 unspecified atom stereocenters. The summed E-state index contributed by atoms with van der Waals surface area (Å²) in [5.74, 6) is 0.662. The molecule has 2 aromatic carbocycles. The molecule has 0 heterocycles. The summed E-state index contributed by atoms with van der Waals surface area (Å²) >= 11 is 0. The SMILES string of the molecule is C=C(C)CC(C)(C=Nc1cc(C(C)(C)C)ccc1C(C)(C)C)c1ccc(CC(C)C)cc1. The molecule has 0 aromatic heterocycles. The van der Waals surface area contributed by atoms with E-state index in [9.17, 15) is 0 Å². The molecule has 1 nitrogen and oxygen atoms in total. The van der Waals surface area contributed by atoms with Crippen LogP contribution in [0.2, 0.25) is 0 Å². The van der Waals surface area contributed by atoms with E-state index in [0.717, 1.165) is 18.5 Å². The molecule has 0 aliphatic rings. The van der Waals surface area contributed by atoms with Crippen LogP contribution >= 0.6 is 0 Å². The van der Waals surface area contributed by atoms with E-state index < -0.39 is 0 Å². The van der Waals surface area contributed by atoms with Crippen molar-refractivity contribution in [1.82, 2.24) is 0 Å². The zero-order valence-corrected chi connectivity index (χ0v) is 22.3. The Morgan fingerprint density at radius 3 is 1.91 bits per heavy atom. The van der Waals surface area contributed by atoms with Gasteiger partial charge in [0.2, 0.25) is 0 Å². The van der Waals surface area contributed by atoms with Crippen LogP contribution in [0.4, 0.5) is 5.69 Å². The smallest absolute Gasteiger partial charge is 0.0666 e. The van der Waals surface area contributed by atoms with Crippen LogP contribution in [0.5, 0.6) is 0 Å². The third-order valence-corrected chi connectivity index (χ3v) is 6.09. The van der Waals surface area contributed by atoms with E-state index in [4.69, 9.17) is 4.99 Å². The van der Waals surface area contributed by atoms with E-state index in [1.165, 1.54) is 27.8 Å². The van der Waals surface area contributed by atoms with Crippen molar-refractivity contribution in [3.05, 3.63) is 76.9 Å². The third-order valence-electron chi connectivity index (χ3n) is 6.09. The van der Waals surface area contributed by atoms with Crippen molar-refractivity contribution in [2.75, 3.05) is 0 Å². The van der Waals surface area contributed by atoms with Crippen molar-refractivity contribution in [3.8, 4) is 0 Å². The first-order valence-corrected chi connectivity index (χ1v) is 12.1. The lowest BCUT2D eigenvalue weighted by atomic mass is 9.78. The van der Waals surface area contributed by atoms with Gasteiger partial charge in [-0.3, -0.25) is 4.99 Å². The van der Waals surface area contributed by atoms with Gasteiger partial charge in [-0.15, -0.1) is 6.58 Å². The Morgan fingerprint density at radius 2 is 1.44 bits per heavy atom. The molecule has 0 amide bonds. The summed E-state index contributed by atoms with van der Waals surface area (Å²) in [6.45, 7) is 26.7. The molecule has 32 heavy (non-hydrogen) atoms. The van der Waals surface area contributed by atoms with Gasteiger partial charge in [-0.2, -0.15) is 0 Å². The van der Waals surface area contributed by atoms with E-state index >= 15 is 0 Å². The van der Waals surface area contributed by atoms with Crippen LogP contribution in [0.15, 0.2) is 59.6 Å². The number of hydrogen-bond donors (Lipinski definition) is 0. The van der Waals surface area contributed by atoms with E-state index in [-0.39, 0.29) is 16.2 Å². The van der Waals surface area contributed by atoms with Gasteiger partial charge in [0, 0.05) is 11.6 Å². The van der Waals surface area contributed by atoms with Crippen LogP contribution in [-0.2, 0) is 22.7 Å². The average Bonchev–Trinajstić information content (AvgIpc) is 2.64. The first-order chi connectivity index (χ1) is 14.6. The largest absolute Gasteiger partial charge is 0.260 e. The molecule has 0 aliphatic heterocycles. The lowest BCUT2D eigenvalue weighted by Gasteiger charge is -2.28. The fraction of sp³-hybridized carbons (Fsp3) is 0.516. The molecule has 2 aromatic rings. The predicted molar refractivity (Wildman–Crippen MR) is 144 cm³/mol. The Hall–Kier alpha value is -2.15. The second-order valence-electron chi connectivity index (χ2n) is 12.3. The van der Waals surface area contributed by atoms with E-state index in [1.54, 1.807) is 0 Å². The number of nitrogens with zero attached hydrogens (tertiary/aromatic N) is 1. The highest BCUT2D eigenvalue weighted by Gasteiger charge is 2.26. The molecular formula is C31H45N. The zero-order chi connectivity index (χ0) is 24.3. The molecule has 2 rings (SSSR count). The van der Waals surface area contributed by atoms with E-state index in [0.29, 0.717) is 5.92 Å². The lowest BCUT2D eigenvalue weighted by Crippen LogP contribution is -2.24. The predicted octanol–water partition coefficient (Wildman–Crippen LogP) is 9.11. The molecule has 0 fully saturated rings. The van der Waals surface area contributed by atoms with Crippen LogP contribution in [0.25, 0.3) is 0 Å². The average molecular weight is 432 g/mol. The summed E-state index contributed by atoms with van der Waals surface area (Å²) < 4.78 is 0. The second kappa shape index (κ2) is 9.77. The van der Waals surface area contributed by atoms with Gasteiger partial charge in [0.15, 0.2) is 0 Å². The molecule has 174 valence electrons. The Kier molecular flexibility index (Phi) is 7.97. The van der Waals surface area contributed by atoms with E-state index in [1.807, 2.05) is 0 Å². The molecular weight excluding hydrogens is 386 g/mol. The monoisotopic (exact) mass is 431 g/mol. The van der Waals surface area contributed by atoms with Gasteiger partial charge in [-0.1, -0.05) is 104 Å². The van der Waals surface area contributed by atoms with Crippen LogP contribution in [0.1, 0.15) is 97.9 Å². The fourth-order valence-electron chi connectivity index (χ4n) is 4.29. The molecule has 0 radical (unpaired) electrons. The van der Waals surface area contributed by atoms with Crippen molar-refractivity contribution < 1.29 is 0 Å². The Labute approximate surface area is 198 Å². The Morgan fingerprint density at radius 1 is 0.875 bits per heavy atom. The standard InChI is InChI=1S/C31H45N/c1-22(2)18-24-12-14-25(15-13-24)31(11,20-23(3)4)21-32-28-19-26(29(5,6)7)16-17-27(28)30(8,9)10/h12-17,19,21-22H,3,18,20H2,1-2,4-11H3.